The van der Waals surface area contributed by atoms with Crippen molar-refractivity contribution >= 4 is 29.7 Å². The number of aliphatic hydroxyl groups is 1. The molecule has 184 valence electrons. The Bertz CT molecular complexity index is 825. The van der Waals surface area contributed by atoms with Gasteiger partial charge in [0, 0.05) is 24.9 Å². The minimum atomic E-state index is -1.37. The second kappa shape index (κ2) is 13.6. The van der Waals surface area contributed by atoms with E-state index >= 15 is 0 Å². The number of H-pyrrole nitrogens is 1. The van der Waals surface area contributed by atoms with Gasteiger partial charge in [-0.15, -0.1) is 0 Å². The van der Waals surface area contributed by atoms with E-state index in [2.05, 4.69) is 30.9 Å². The summed E-state index contributed by atoms with van der Waals surface area (Å²) in [7, 11) is 0. The van der Waals surface area contributed by atoms with Gasteiger partial charge in [-0.2, -0.15) is 0 Å². The molecule has 1 rings (SSSR count). The fourth-order valence-electron chi connectivity index (χ4n) is 2.64. The second-order valence-corrected chi connectivity index (χ2v) is 7.21. The first kappa shape index (κ1) is 27.3. The maximum absolute atomic E-state index is 12.4. The topological polar surface area (TPSA) is 264 Å². The predicted molar refractivity (Wildman–Crippen MR) is 116 cm³/mol. The number of carboxylic acids is 1. The molecular formula is C18H31N9O6. The molecule has 12 N–H and O–H groups in total. The zero-order valence-corrected chi connectivity index (χ0v) is 18.2. The molecule has 0 saturated heterocycles. The van der Waals surface area contributed by atoms with Crippen molar-refractivity contribution < 1.29 is 29.4 Å². The van der Waals surface area contributed by atoms with Crippen molar-refractivity contribution in [2.75, 3.05) is 13.2 Å². The number of carbonyl (C=O) groups excluding carboxylic acids is 3. The van der Waals surface area contributed by atoms with Crippen LogP contribution in [-0.4, -0.2) is 87.2 Å². The number of hydrogen-bond acceptors (Lipinski definition) is 8. The smallest absolute Gasteiger partial charge is 0.326 e. The Balaban J connectivity index is 2.57. The number of amides is 3. The third-order valence-corrected chi connectivity index (χ3v) is 4.46. The number of aliphatic hydroxyl groups excluding tert-OH is 1. The molecule has 1 aromatic heterocycles. The summed E-state index contributed by atoms with van der Waals surface area (Å²) in [5.74, 6) is -3.70. The van der Waals surface area contributed by atoms with Gasteiger partial charge in [-0.3, -0.25) is 19.4 Å². The minimum Gasteiger partial charge on any atom is -0.480 e. The highest BCUT2D eigenvalue weighted by Crippen LogP contribution is 2.01. The molecule has 15 heteroatoms. The number of imidazole rings is 1. The second-order valence-electron chi connectivity index (χ2n) is 7.21. The SMILES string of the molecule is CC(NC(=O)C(CO)NC(=O)C(N)Cc1cnc[nH]1)C(=O)NC(CCCN=C(N)N)C(=O)O. The Morgan fingerprint density at radius 3 is 2.33 bits per heavy atom. The summed E-state index contributed by atoms with van der Waals surface area (Å²) in [6.45, 7) is 0.770. The lowest BCUT2D eigenvalue weighted by molar-refractivity contribution is -0.142. The molecule has 0 bridgehead atoms. The maximum Gasteiger partial charge on any atom is 0.326 e. The van der Waals surface area contributed by atoms with Gasteiger partial charge in [0.1, 0.15) is 18.1 Å². The van der Waals surface area contributed by atoms with Crippen molar-refractivity contribution in [2.24, 2.45) is 22.2 Å². The van der Waals surface area contributed by atoms with Gasteiger partial charge in [0.05, 0.1) is 19.0 Å². The average molecular weight is 470 g/mol. The summed E-state index contributed by atoms with van der Waals surface area (Å²) in [4.78, 5) is 58.6. The summed E-state index contributed by atoms with van der Waals surface area (Å²) in [5.41, 5.74) is 16.8. The van der Waals surface area contributed by atoms with Crippen LogP contribution in [0.2, 0.25) is 0 Å². The van der Waals surface area contributed by atoms with Crippen molar-refractivity contribution in [3.63, 3.8) is 0 Å². The van der Waals surface area contributed by atoms with E-state index in [-0.39, 0.29) is 25.3 Å². The van der Waals surface area contributed by atoms with Crippen molar-refractivity contribution in [2.45, 2.75) is 50.4 Å². The molecule has 33 heavy (non-hydrogen) atoms. The first-order chi connectivity index (χ1) is 15.5. The van der Waals surface area contributed by atoms with Gasteiger partial charge < -0.3 is 48.3 Å². The van der Waals surface area contributed by atoms with Gasteiger partial charge in [0.25, 0.3) is 0 Å². The summed E-state index contributed by atoms with van der Waals surface area (Å²) in [6, 6.07) is -4.75. The Morgan fingerprint density at radius 2 is 1.79 bits per heavy atom. The molecule has 4 atom stereocenters. The van der Waals surface area contributed by atoms with E-state index in [1.54, 1.807) is 0 Å². The van der Waals surface area contributed by atoms with E-state index < -0.39 is 54.5 Å². The van der Waals surface area contributed by atoms with Crippen LogP contribution in [0.5, 0.6) is 0 Å². The van der Waals surface area contributed by atoms with Crippen molar-refractivity contribution in [1.82, 2.24) is 25.9 Å². The van der Waals surface area contributed by atoms with E-state index in [0.717, 1.165) is 0 Å². The quantitative estimate of drug-likeness (QED) is 0.0721. The number of aliphatic imine (C=N–C) groups is 1. The minimum absolute atomic E-state index is 0.0576. The number of carboxylic acid groups (broad SMARTS) is 1. The molecular weight excluding hydrogens is 438 g/mol. The van der Waals surface area contributed by atoms with E-state index in [1.165, 1.54) is 19.4 Å². The van der Waals surface area contributed by atoms with Crippen molar-refractivity contribution in [3.05, 3.63) is 18.2 Å². The maximum atomic E-state index is 12.4. The van der Waals surface area contributed by atoms with Gasteiger partial charge in [0.2, 0.25) is 17.7 Å². The lowest BCUT2D eigenvalue weighted by Crippen LogP contribution is -2.57. The van der Waals surface area contributed by atoms with Crippen LogP contribution >= 0.6 is 0 Å². The highest BCUT2D eigenvalue weighted by molar-refractivity contribution is 5.94. The lowest BCUT2D eigenvalue weighted by atomic mass is 10.1. The summed E-state index contributed by atoms with van der Waals surface area (Å²) in [6.07, 6.45) is 3.41. The summed E-state index contributed by atoms with van der Waals surface area (Å²) >= 11 is 0. The number of nitrogens with one attached hydrogen (secondary N) is 4. The molecule has 0 aromatic carbocycles. The van der Waals surface area contributed by atoms with Crippen LogP contribution in [0.15, 0.2) is 17.5 Å². The van der Waals surface area contributed by atoms with Gasteiger partial charge in [-0.05, 0) is 19.8 Å². The Kier molecular flexibility index (Phi) is 11.3. The number of rotatable bonds is 14. The highest BCUT2D eigenvalue weighted by Gasteiger charge is 2.28. The van der Waals surface area contributed by atoms with Gasteiger partial charge in [-0.25, -0.2) is 9.78 Å². The monoisotopic (exact) mass is 469 g/mol. The van der Waals surface area contributed by atoms with Crippen LogP contribution in [-0.2, 0) is 25.6 Å². The van der Waals surface area contributed by atoms with E-state index in [4.69, 9.17) is 17.2 Å². The van der Waals surface area contributed by atoms with Crippen LogP contribution in [0.25, 0.3) is 0 Å². The van der Waals surface area contributed by atoms with Crippen LogP contribution in [0.4, 0.5) is 0 Å². The standard InChI is InChI=1S/C18H31N9O6/c1-9(14(29)26-12(17(32)33)3-2-4-23-18(20)21)25-16(31)13(7-28)27-15(30)11(19)5-10-6-22-8-24-10/h6,8-9,11-13,28H,2-5,7,19H2,1H3,(H,22,24)(H,25,31)(H,26,29)(H,27,30)(H,32,33)(H4,20,21,23). The Hall–Kier alpha value is -3.72. The number of aromatic amines is 1. The molecule has 0 saturated carbocycles. The van der Waals surface area contributed by atoms with Crippen LogP contribution in [0, 0.1) is 0 Å². The fourth-order valence-corrected chi connectivity index (χ4v) is 2.64. The number of aliphatic carboxylic acids is 1. The summed E-state index contributed by atoms with van der Waals surface area (Å²) < 4.78 is 0. The van der Waals surface area contributed by atoms with Gasteiger partial charge in [0.15, 0.2) is 5.96 Å². The summed E-state index contributed by atoms with van der Waals surface area (Å²) in [5, 5.41) is 25.7. The van der Waals surface area contributed by atoms with Crippen molar-refractivity contribution in [3.8, 4) is 0 Å². The van der Waals surface area contributed by atoms with E-state index in [0.29, 0.717) is 12.1 Å². The van der Waals surface area contributed by atoms with Gasteiger partial charge >= 0.3 is 5.97 Å². The molecule has 3 amide bonds. The Labute approximate surface area is 189 Å². The molecule has 0 radical (unpaired) electrons. The third-order valence-electron chi connectivity index (χ3n) is 4.46. The zero-order valence-electron chi connectivity index (χ0n) is 18.2. The third kappa shape index (κ3) is 9.96. The highest BCUT2D eigenvalue weighted by atomic mass is 16.4. The van der Waals surface area contributed by atoms with Gasteiger partial charge in [-0.1, -0.05) is 0 Å². The number of nitrogens with two attached hydrogens (primary N) is 3. The first-order valence-electron chi connectivity index (χ1n) is 10.1. The van der Waals surface area contributed by atoms with E-state index in [9.17, 15) is 29.4 Å². The molecule has 0 aliphatic rings. The predicted octanol–water partition coefficient (Wildman–Crippen LogP) is -4.12. The molecule has 1 aromatic rings. The molecule has 4 unspecified atom stereocenters. The lowest BCUT2D eigenvalue weighted by Gasteiger charge is -2.22. The normalized spacial score (nSPS) is 14.3. The number of nitrogens with zero attached hydrogens (tertiary/aromatic N) is 2. The largest absolute Gasteiger partial charge is 0.480 e. The molecule has 15 nitrogen and oxygen atoms in total. The molecule has 0 fully saturated rings. The zero-order chi connectivity index (χ0) is 25.0. The number of aromatic nitrogens is 2. The van der Waals surface area contributed by atoms with Crippen LogP contribution in [0.3, 0.4) is 0 Å². The van der Waals surface area contributed by atoms with Crippen LogP contribution in [0.1, 0.15) is 25.5 Å². The van der Waals surface area contributed by atoms with Crippen LogP contribution < -0.4 is 33.2 Å². The fraction of sp³-hybridized carbons (Fsp3) is 0.556. The molecule has 0 aliphatic carbocycles. The average Bonchev–Trinajstić information content (AvgIpc) is 3.26. The number of carbonyl (C=O) groups is 4. The first-order valence-corrected chi connectivity index (χ1v) is 10.1. The molecule has 1 heterocycles. The van der Waals surface area contributed by atoms with Crippen molar-refractivity contribution in [1.29, 1.82) is 0 Å². The van der Waals surface area contributed by atoms with E-state index in [1.807, 2.05) is 0 Å². The molecule has 0 aliphatic heterocycles. The number of guanidine groups is 1. The Morgan fingerprint density at radius 1 is 1.12 bits per heavy atom. The number of hydrogen-bond donors (Lipinski definition) is 9. The molecule has 0 spiro atoms.